The molecule has 3 nitrogen and oxygen atoms in total. The lowest BCUT2D eigenvalue weighted by atomic mass is 11.1. The molecule has 0 aliphatic carbocycles. The molecule has 1 aliphatic heterocycles. The molecule has 0 radical (unpaired) electrons. The minimum Gasteiger partial charge on any atom is -0.383 e. The molecule has 0 bridgehead atoms. The van der Waals surface area contributed by atoms with Gasteiger partial charge in [0.25, 0.3) is 0 Å². The third-order valence-corrected chi connectivity index (χ3v) is 0.752. The molecule has 0 aromatic heterocycles. The van der Waals surface area contributed by atoms with Crippen LogP contribution in [-0.2, 0) is 9.47 Å². The van der Waals surface area contributed by atoms with E-state index in [0.29, 0.717) is 0 Å². The Balaban J connectivity index is 2.28. The maximum absolute atomic E-state index is 9.64. The topological polar surface area (TPSA) is 35.5 Å². The number of carbonyl (C=O) groups excluding carboxylic acids is 1. The van der Waals surface area contributed by atoms with Crippen molar-refractivity contribution in [3.63, 3.8) is 0 Å². The van der Waals surface area contributed by atoms with Crippen molar-refractivity contribution in [2.75, 3.05) is 0 Å². The van der Waals surface area contributed by atoms with E-state index in [0.717, 1.165) is 0 Å². The molecule has 0 unspecified atom stereocenters. The number of halogens is 1. The normalized spacial score (nSPS) is 21.2. The molecule has 0 saturated carbocycles. The fourth-order valence-corrected chi connectivity index (χ4v) is 0.465. The van der Waals surface area contributed by atoms with Gasteiger partial charge in [0.05, 0.1) is 0 Å². The van der Waals surface area contributed by atoms with Crippen molar-refractivity contribution in [3.8, 4) is 0 Å². The summed E-state index contributed by atoms with van der Waals surface area (Å²) in [5.74, 6) is 0. The first kappa shape index (κ1) is 3.92. The third-order valence-electron chi connectivity index (χ3n) is 0.378. The molecule has 6 heavy (non-hydrogen) atoms. The zero-order valence-corrected chi connectivity index (χ0v) is 4.27. The van der Waals surface area contributed by atoms with Crippen molar-refractivity contribution >= 4 is 22.1 Å². The van der Waals surface area contributed by atoms with Gasteiger partial charge in [-0.3, -0.25) is 0 Å². The molecule has 1 fully saturated rings. The average molecular weight is 153 g/mol. The Kier molecular flexibility index (Phi) is 0.727. The first-order chi connectivity index (χ1) is 2.79. The van der Waals surface area contributed by atoms with E-state index in [2.05, 4.69) is 25.4 Å². The molecule has 0 spiro atoms. The van der Waals surface area contributed by atoms with E-state index in [1.54, 1.807) is 0 Å². The van der Waals surface area contributed by atoms with Crippen molar-refractivity contribution in [1.29, 1.82) is 0 Å². The third kappa shape index (κ3) is 0.472. The van der Waals surface area contributed by atoms with Crippen molar-refractivity contribution in [3.05, 3.63) is 0 Å². The lowest BCUT2D eigenvalue weighted by Crippen LogP contribution is -2.29. The predicted octanol–water partition coefficient (Wildman–Crippen LogP) is 0.832. The molecule has 0 N–H and O–H groups in total. The zero-order chi connectivity index (χ0) is 4.57. The Morgan fingerprint density at radius 3 is 2.17 bits per heavy atom. The van der Waals surface area contributed by atoms with E-state index in [1.807, 2.05) is 0 Å². The second kappa shape index (κ2) is 1.11. The highest BCUT2D eigenvalue weighted by molar-refractivity contribution is 9.09. The Morgan fingerprint density at radius 1 is 1.67 bits per heavy atom. The molecular formula is C2HBrO3. The van der Waals surface area contributed by atoms with Gasteiger partial charge in [0.15, 0.2) is 0 Å². The molecule has 1 aliphatic rings. The number of ether oxygens (including phenoxy) is 2. The van der Waals surface area contributed by atoms with Gasteiger partial charge in [-0.15, -0.1) is 0 Å². The summed E-state index contributed by atoms with van der Waals surface area (Å²) in [6.45, 7) is 0. The maximum atomic E-state index is 9.64. The summed E-state index contributed by atoms with van der Waals surface area (Å²) in [6.07, 6.45) is -0.614. The summed E-state index contributed by atoms with van der Waals surface area (Å²) in [5, 5.41) is -0.495. The number of cyclic esters (lactones) is 2. The molecule has 0 amide bonds. The summed E-state index contributed by atoms with van der Waals surface area (Å²) in [4.78, 5) is 9.64. The Labute approximate surface area is 42.4 Å². The van der Waals surface area contributed by atoms with Crippen LogP contribution in [0.15, 0.2) is 0 Å². The average Bonchev–Trinajstić information content (AvgIpc) is 1.33. The van der Waals surface area contributed by atoms with Gasteiger partial charge in [0, 0.05) is 15.9 Å². The number of alkyl halides is 1. The van der Waals surface area contributed by atoms with Crippen LogP contribution in [0, 0.1) is 0 Å². The van der Waals surface area contributed by atoms with E-state index < -0.39 is 11.4 Å². The fourth-order valence-electron chi connectivity index (χ4n) is 0.160. The largest absolute Gasteiger partial charge is 0.515 e. The highest BCUT2D eigenvalue weighted by Gasteiger charge is 2.26. The molecule has 0 atom stereocenters. The first-order valence-electron chi connectivity index (χ1n) is 1.30. The SMILES string of the molecule is O=C1OC(Br)O1. The van der Waals surface area contributed by atoms with Gasteiger partial charge in [-0.1, -0.05) is 0 Å². The summed E-state index contributed by atoms with van der Waals surface area (Å²) in [5.41, 5.74) is 0. The highest BCUT2D eigenvalue weighted by Crippen LogP contribution is 2.15. The van der Waals surface area contributed by atoms with Crippen molar-refractivity contribution < 1.29 is 14.3 Å². The lowest BCUT2D eigenvalue weighted by Gasteiger charge is -2.18. The van der Waals surface area contributed by atoms with Crippen LogP contribution >= 0.6 is 15.9 Å². The predicted molar refractivity (Wildman–Crippen MR) is 20.3 cm³/mol. The highest BCUT2D eigenvalue weighted by atomic mass is 79.9. The zero-order valence-electron chi connectivity index (χ0n) is 2.68. The molecular weight excluding hydrogens is 152 g/mol. The van der Waals surface area contributed by atoms with Crippen molar-refractivity contribution in [2.45, 2.75) is 5.20 Å². The quantitative estimate of drug-likeness (QED) is 0.381. The number of hydrogen-bond acceptors (Lipinski definition) is 3. The van der Waals surface area contributed by atoms with Gasteiger partial charge in [0.1, 0.15) is 0 Å². The summed E-state index contributed by atoms with van der Waals surface area (Å²) in [7, 11) is 0. The van der Waals surface area contributed by atoms with Crippen LogP contribution in [0.5, 0.6) is 0 Å². The van der Waals surface area contributed by atoms with Crippen LogP contribution in [0.4, 0.5) is 4.79 Å². The Morgan fingerprint density at radius 2 is 2.17 bits per heavy atom. The summed E-state index contributed by atoms with van der Waals surface area (Å²) < 4.78 is 8.39. The first-order valence-corrected chi connectivity index (χ1v) is 2.22. The number of rotatable bonds is 0. The van der Waals surface area contributed by atoms with Crippen molar-refractivity contribution in [1.82, 2.24) is 0 Å². The van der Waals surface area contributed by atoms with E-state index in [1.165, 1.54) is 0 Å². The van der Waals surface area contributed by atoms with Gasteiger partial charge in [-0.25, -0.2) is 4.79 Å². The van der Waals surface area contributed by atoms with Gasteiger partial charge >= 0.3 is 11.4 Å². The molecule has 1 heterocycles. The minimum absolute atomic E-state index is 0.495. The van der Waals surface area contributed by atoms with Crippen LogP contribution in [0.25, 0.3) is 0 Å². The van der Waals surface area contributed by atoms with Gasteiger partial charge in [-0.2, -0.15) is 0 Å². The van der Waals surface area contributed by atoms with E-state index in [4.69, 9.17) is 0 Å². The van der Waals surface area contributed by atoms with Crippen molar-refractivity contribution in [2.24, 2.45) is 0 Å². The Hall–Kier alpha value is -0.250. The van der Waals surface area contributed by atoms with Gasteiger partial charge in [-0.05, 0) is 0 Å². The minimum atomic E-state index is -0.614. The number of hydrogen-bond donors (Lipinski definition) is 0. The molecule has 1 saturated heterocycles. The number of carbonyl (C=O) groups is 1. The van der Waals surface area contributed by atoms with Crippen LogP contribution in [0.1, 0.15) is 0 Å². The Bertz CT molecular complexity index is 72.9. The summed E-state index contributed by atoms with van der Waals surface area (Å²) in [6, 6.07) is 0. The van der Waals surface area contributed by atoms with E-state index >= 15 is 0 Å². The summed E-state index contributed by atoms with van der Waals surface area (Å²) >= 11 is 2.84. The molecule has 1 rings (SSSR count). The standard InChI is InChI=1S/C2HBrO3/c3-1-5-2(4)6-1/h1H. The monoisotopic (exact) mass is 152 g/mol. The van der Waals surface area contributed by atoms with Crippen LogP contribution < -0.4 is 0 Å². The second-order valence-electron chi connectivity index (χ2n) is 0.760. The molecule has 0 aromatic rings. The van der Waals surface area contributed by atoms with Gasteiger partial charge in [0.2, 0.25) is 0 Å². The maximum Gasteiger partial charge on any atom is 0.515 e. The smallest absolute Gasteiger partial charge is 0.383 e. The molecule has 0 aromatic carbocycles. The molecule has 34 valence electrons. The van der Waals surface area contributed by atoms with Crippen LogP contribution in [0.2, 0.25) is 0 Å². The van der Waals surface area contributed by atoms with Crippen LogP contribution in [0.3, 0.4) is 0 Å². The van der Waals surface area contributed by atoms with Gasteiger partial charge < -0.3 is 9.47 Å². The second-order valence-corrected chi connectivity index (χ2v) is 1.51. The van der Waals surface area contributed by atoms with Crippen LogP contribution in [-0.4, -0.2) is 11.4 Å². The van der Waals surface area contributed by atoms with E-state index in [9.17, 15) is 4.79 Å². The molecule has 4 heteroatoms. The van der Waals surface area contributed by atoms with E-state index in [-0.39, 0.29) is 0 Å². The fraction of sp³-hybridized carbons (Fsp3) is 0.500. The lowest BCUT2D eigenvalue weighted by molar-refractivity contribution is -0.123.